The van der Waals surface area contributed by atoms with E-state index in [4.69, 9.17) is 9.47 Å². The van der Waals surface area contributed by atoms with Crippen molar-refractivity contribution in [2.45, 2.75) is 76.4 Å². The summed E-state index contributed by atoms with van der Waals surface area (Å²) in [6.45, 7) is 3.40. The van der Waals surface area contributed by atoms with E-state index in [-0.39, 0.29) is 23.4 Å². The third kappa shape index (κ3) is 2.60. The number of carbonyl (C=O) groups is 2. The minimum absolute atomic E-state index is 0.0538. The van der Waals surface area contributed by atoms with Gasteiger partial charge in [-0.1, -0.05) is 13.8 Å². The van der Waals surface area contributed by atoms with Crippen molar-refractivity contribution < 1.29 is 29.3 Å². The van der Waals surface area contributed by atoms with Gasteiger partial charge in [0.1, 0.15) is 0 Å². The lowest BCUT2D eigenvalue weighted by Crippen LogP contribution is -2.57. The SMILES string of the molecule is CC(C)C(=O)OCC(=O)OCCCC12CC3CC4(O)CC(O)(C1)CC34C2. The molecule has 26 heavy (non-hydrogen) atoms. The van der Waals surface area contributed by atoms with Crippen LogP contribution in [-0.4, -0.2) is 46.6 Å². The van der Waals surface area contributed by atoms with Gasteiger partial charge in [0, 0.05) is 11.8 Å². The highest BCUT2D eigenvalue weighted by Gasteiger charge is 2.80. The van der Waals surface area contributed by atoms with Crippen LogP contribution < -0.4 is 0 Å². The second-order valence-electron chi connectivity index (χ2n) is 9.81. The molecule has 4 aliphatic rings. The smallest absolute Gasteiger partial charge is 0.344 e. The van der Waals surface area contributed by atoms with Crippen molar-refractivity contribution in [1.29, 1.82) is 0 Å². The molecule has 146 valence electrons. The monoisotopic (exact) mass is 366 g/mol. The Morgan fingerprint density at radius 2 is 1.85 bits per heavy atom. The molecule has 0 aromatic rings. The van der Waals surface area contributed by atoms with Crippen molar-refractivity contribution in [2.24, 2.45) is 22.7 Å². The highest BCUT2D eigenvalue weighted by molar-refractivity contribution is 5.77. The molecule has 4 aliphatic carbocycles. The molecule has 4 saturated carbocycles. The Labute approximate surface area is 154 Å². The van der Waals surface area contributed by atoms with E-state index < -0.39 is 23.1 Å². The summed E-state index contributed by atoms with van der Waals surface area (Å²) in [6.07, 6.45) is 6.63. The van der Waals surface area contributed by atoms with Crippen molar-refractivity contribution in [3.63, 3.8) is 0 Å². The topological polar surface area (TPSA) is 93.1 Å². The molecule has 5 atom stereocenters. The van der Waals surface area contributed by atoms with Gasteiger partial charge in [0.15, 0.2) is 6.61 Å². The van der Waals surface area contributed by atoms with Crippen molar-refractivity contribution in [1.82, 2.24) is 0 Å². The molecule has 0 radical (unpaired) electrons. The zero-order valence-corrected chi connectivity index (χ0v) is 15.8. The predicted octanol–water partition coefficient (Wildman–Crippen LogP) is 1.96. The number of fused-ring (bicyclic) bond motifs is 2. The second-order valence-corrected chi connectivity index (χ2v) is 9.81. The molecule has 0 amide bonds. The molecule has 0 saturated heterocycles. The Morgan fingerprint density at radius 1 is 1.08 bits per heavy atom. The van der Waals surface area contributed by atoms with E-state index in [0.29, 0.717) is 18.9 Å². The number of aliphatic hydroxyl groups is 2. The average Bonchev–Trinajstić information content (AvgIpc) is 2.81. The third-order valence-corrected chi connectivity index (χ3v) is 7.55. The van der Waals surface area contributed by atoms with Gasteiger partial charge in [-0.25, -0.2) is 4.79 Å². The first kappa shape index (κ1) is 18.2. The van der Waals surface area contributed by atoms with E-state index >= 15 is 0 Å². The van der Waals surface area contributed by atoms with E-state index in [2.05, 4.69) is 0 Å². The van der Waals surface area contributed by atoms with Crippen LogP contribution in [0.25, 0.3) is 0 Å². The molecule has 0 aromatic heterocycles. The Balaban J connectivity index is 1.25. The van der Waals surface area contributed by atoms with Crippen LogP contribution in [-0.2, 0) is 19.1 Å². The van der Waals surface area contributed by atoms with Gasteiger partial charge >= 0.3 is 11.9 Å². The van der Waals surface area contributed by atoms with Gasteiger partial charge in [0.2, 0.25) is 0 Å². The van der Waals surface area contributed by atoms with Crippen molar-refractivity contribution in [3.8, 4) is 0 Å². The van der Waals surface area contributed by atoms with Crippen LogP contribution in [0.1, 0.15) is 65.2 Å². The minimum atomic E-state index is -0.708. The lowest BCUT2D eigenvalue weighted by Gasteiger charge is -2.55. The normalized spacial score (nSPS) is 44.7. The fourth-order valence-corrected chi connectivity index (χ4v) is 6.92. The summed E-state index contributed by atoms with van der Waals surface area (Å²) in [5.41, 5.74) is -1.33. The Bertz CT molecular complexity index is 632. The Kier molecular flexibility index (Phi) is 3.98. The molecule has 4 fully saturated rings. The molecular formula is C20H30O6. The summed E-state index contributed by atoms with van der Waals surface area (Å²) < 4.78 is 10.1. The zero-order valence-electron chi connectivity index (χ0n) is 15.8. The highest BCUT2D eigenvalue weighted by Crippen LogP contribution is 2.81. The molecule has 1 spiro atoms. The lowest BCUT2D eigenvalue weighted by atomic mass is 9.52. The first-order valence-corrected chi connectivity index (χ1v) is 9.88. The number of hydrogen-bond donors (Lipinski definition) is 2. The quantitative estimate of drug-likeness (QED) is 0.528. The molecule has 3 bridgehead atoms. The summed E-state index contributed by atoms with van der Waals surface area (Å²) in [6, 6.07) is 0. The van der Waals surface area contributed by atoms with Crippen molar-refractivity contribution >= 4 is 11.9 Å². The van der Waals surface area contributed by atoms with Crippen LogP contribution in [0.5, 0.6) is 0 Å². The highest BCUT2D eigenvalue weighted by atomic mass is 16.6. The first-order chi connectivity index (χ1) is 12.1. The summed E-state index contributed by atoms with van der Waals surface area (Å²) in [4.78, 5) is 23.0. The number of carbonyl (C=O) groups excluding carboxylic acids is 2. The number of rotatable bonds is 7. The van der Waals surface area contributed by atoms with Crippen LogP contribution in [0.2, 0.25) is 0 Å². The molecule has 6 nitrogen and oxygen atoms in total. The average molecular weight is 366 g/mol. The summed E-state index contributed by atoms with van der Waals surface area (Å²) in [5, 5.41) is 21.8. The van der Waals surface area contributed by atoms with Gasteiger partial charge in [-0.05, 0) is 56.3 Å². The largest absolute Gasteiger partial charge is 0.463 e. The van der Waals surface area contributed by atoms with Gasteiger partial charge in [0.25, 0.3) is 0 Å². The number of ether oxygens (including phenoxy) is 2. The Hall–Kier alpha value is -1.14. The van der Waals surface area contributed by atoms with Gasteiger partial charge < -0.3 is 19.7 Å². The van der Waals surface area contributed by atoms with Crippen LogP contribution >= 0.6 is 0 Å². The van der Waals surface area contributed by atoms with Gasteiger partial charge in [0.05, 0.1) is 23.7 Å². The standard InChI is InChI=1S/C20H30O6/c1-13(2)16(22)26-8-15(21)25-5-3-4-17-6-14-7-20(24)12-18(23,9-17)11-19(14,20)10-17/h13-14,23-24H,3-12H2,1-2H3. The molecule has 4 rings (SSSR count). The summed E-state index contributed by atoms with van der Waals surface area (Å²) in [7, 11) is 0. The number of esters is 2. The third-order valence-electron chi connectivity index (χ3n) is 7.55. The molecule has 5 unspecified atom stereocenters. The van der Waals surface area contributed by atoms with Crippen LogP contribution in [0.4, 0.5) is 0 Å². The van der Waals surface area contributed by atoms with Gasteiger partial charge in [-0.3, -0.25) is 4.79 Å². The summed E-state index contributed by atoms with van der Waals surface area (Å²) in [5.74, 6) is -0.634. The zero-order chi connectivity index (χ0) is 18.8. The van der Waals surface area contributed by atoms with E-state index in [1.165, 1.54) is 0 Å². The van der Waals surface area contributed by atoms with E-state index in [1.54, 1.807) is 13.8 Å². The fraction of sp³-hybridized carbons (Fsp3) is 0.900. The molecule has 2 N–H and O–H groups in total. The molecule has 0 heterocycles. The summed E-state index contributed by atoms with van der Waals surface area (Å²) >= 11 is 0. The van der Waals surface area contributed by atoms with Gasteiger partial charge in [-0.2, -0.15) is 0 Å². The van der Waals surface area contributed by atoms with E-state index in [0.717, 1.165) is 44.9 Å². The molecular weight excluding hydrogens is 336 g/mol. The Morgan fingerprint density at radius 3 is 2.58 bits per heavy atom. The fourth-order valence-electron chi connectivity index (χ4n) is 6.92. The molecule has 6 heteroatoms. The van der Waals surface area contributed by atoms with E-state index in [1.807, 2.05) is 0 Å². The van der Waals surface area contributed by atoms with Crippen molar-refractivity contribution in [2.75, 3.05) is 13.2 Å². The second kappa shape index (κ2) is 5.68. The maximum Gasteiger partial charge on any atom is 0.344 e. The lowest BCUT2D eigenvalue weighted by molar-refractivity contribution is -0.177. The van der Waals surface area contributed by atoms with Crippen LogP contribution in [0.3, 0.4) is 0 Å². The first-order valence-electron chi connectivity index (χ1n) is 9.88. The molecule has 0 aromatic carbocycles. The van der Waals surface area contributed by atoms with E-state index in [9.17, 15) is 19.8 Å². The minimum Gasteiger partial charge on any atom is -0.463 e. The molecule has 0 aliphatic heterocycles. The van der Waals surface area contributed by atoms with Crippen LogP contribution in [0, 0.1) is 22.7 Å². The maximum atomic E-state index is 11.7. The predicted molar refractivity (Wildman–Crippen MR) is 91.9 cm³/mol. The van der Waals surface area contributed by atoms with Gasteiger partial charge in [-0.15, -0.1) is 0 Å². The van der Waals surface area contributed by atoms with Crippen LogP contribution in [0.15, 0.2) is 0 Å². The number of hydrogen-bond acceptors (Lipinski definition) is 6. The van der Waals surface area contributed by atoms with Crippen molar-refractivity contribution in [3.05, 3.63) is 0 Å². The maximum absolute atomic E-state index is 11.7.